The first-order valence-corrected chi connectivity index (χ1v) is 14.6. The quantitative estimate of drug-likeness (QED) is 0.0597. The summed E-state index contributed by atoms with van der Waals surface area (Å²) < 4.78 is 0. The van der Waals surface area contributed by atoms with Crippen molar-refractivity contribution in [2.24, 2.45) is 5.73 Å². The van der Waals surface area contributed by atoms with Crippen molar-refractivity contribution < 1.29 is 39.0 Å². The molecule has 0 saturated carbocycles. The van der Waals surface area contributed by atoms with Crippen molar-refractivity contribution in [3.63, 3.8) is 0 Å². The van der Waals surface area contributed by atoms with Crippen molar-refractivity contribution in [3.8, 4) is 5.75 Å². The fraction of sp³-hybridized carbons (Fsp3) is 0.536. The lowest BCUT2D eigenvalue weighted by Gasteiger charge is -2.26. The second-order valence-electron chi connectivity index (χ2n) is 10.6. The largest absolute Gasteiger partial charge is 0.508 e. The van der Waals surface area contributed by atoms with Gasteiger partial charge in [-0.15, -0.1) is 0 Å². The van der Waals surface area contributed by atoms with Crippen LogP contribution in [0.25, 0.3) is 0 Å². The number of carboxylic acid groups (broad SMARTS) is 1. The molecule has 0 bridgehead atoms. The number of guanidine groups is 1. The van der Waals surface area contributed by atoms with E-state index in [9.17, 15) is 39.0 Å². The van der Waals surface area contributed by atoms with Crippen molar-refractivity contribution in [1.82, 2.24) is 37.2 Å². The minimum absolute atomic E-state index is 0.0216. The summed E-state index contributed by atoms with van der Waals surface area (Å²) in [6.07, 6.45) is 0.884. The number of benzene rings is 1. The Morgan fingerprint density at radius 2 is 1.42 bits per heavy atom. The molecule has 1 aliphatic rings. The van der Waals surface area contributed by atoms with E-state index in [2.05, 4.69) is 37.2 Å². The zero-order valence-corrected chi connectivity index (χ0v) is 25.1. The van der Waals surface area contributed by atoms with Gasteiger partial charge in [-0.1, -0.05) is 12.1 Å². The van der Waals surface area contributed by atoms with E-state index in [0.717, 1.165) is 0 Å². The van der Waals surface area contributed by atoms with Crippen molar-refractivity contribution in [1.29, 1.82) is 5.41 Å². The maximum Gasteiger partial charge on any atom is 0.305 e. The van der Waals surface area contributed by atoms with Gasteiger partial charge in [0.25, 0.3) is 0 Å². The fourth-order valence-corrected chi connectivity index (χ4v) is 4.53. The molecule has 1 heterocycles. The monoisotopic (exact) mass is 633 g/mol. The van der Waals surface area contributed by atoms with E-state index in [0.29, 0.717) is 31.4 Å². The number of aromatic hydroxyl groups is 1. The number of unbranched alkanes of at least 4 members (excludes halogenated alkanes) is 1. The molecule has 45 heavy (non-hydrogen) atoms. The number of rotatable bonds is 13. The maximum atomic E-state index is 13.6. The second-order valence-corrected chi connectivity index (χ2v) is 10.6. The predicted molar refractivity (Wildman–Crippen MR) is 162 cm³/mol. The molecule has 0 aliphatic carbocycles. The average Bonchev–Trinajstić information content (AvgIpc) is 2.98. The van der Waals surface area contributed by atoms with E-state index in [1.807, 2.05) is 0 Å². The summed E-state index contributed by atoms with van der Waals surface area (Å²) in [6.45, 7) is 0.257. The molecule has 1 aliphatic heterocycles. The number of carboxylic acids is 1. The molecule has 17 nitrogen and oxygen atoms in total. The molecular weight excluding hydrogens is 590 g/mol. The predicted octanol–water partition coefficient (Wildman–Crippen LogP) is -2.87. The van der Waals surface area contributed by atoms with Crippen LogP contribution in [-0.4, -0.2) is 103 Å². The third-order valence-corrected chi connectivity index (χ3v) is 6.88. The van der Waals surface area contributed by atoms with Crippen LogP contribution in [0.2, 0.25) is 0 Å². The molecule has 4 atom stereocenters. The zero-order valence-electron chi connectivity index (χ0n) is 25.1. The lowest BCUT2D eigenvalue weighted by Crippen LogP contribution is -2.58. The number of aliphatic carboxylic acids is 1. The number of nitrogens with one attached hydrogen (secondary N) is 8. The van der Waals surface area contributed by atoms with E-state index in [4.69, 9.17) is 11.1 Å². The number of nitrogens with two attached hydrogens (primary N) is 1. The summed E-state index contributed by atoms with van der Waals surface area (Å²) >= 11 is 0. The Morgan fingerprint density at radius 1 is 0.844 bits per heavy atom. The van der Waals surface area contributed by atoms with Gasteiger partial charge in [0.2, 0.25) is 29.5 Å². The number of phenolic OH excluding ortho intramolecular Hbond substituents is 1. The Hall–Kier alpha value is -4.93. The van der Waals surface area contributed by atoms with Crippen molar-refractivity contribution in [2.45, 2.75) is 69.1 Å². The van der Waals surface area contributed by atoms with Crippen LogP contribution >= 0.6 is 0 Å². The van der Waals surface area contributed by atoms with Gasteiger partial charge in [0.05, 0.1) is 13.0 Å². The lowest BCUT2D eigenvalue weighted by atomic mass is 10.0. The number of phenols is 1. The van der Waals surface area contributed by atoms with Gasteiger partial charge >= 0.3 is 5.97 Å². The van der Waals surface area contributed by atoms with Crippen LogP contribution in [0.5, 0.6) is 5.75 Å². The van der Waals surface area contributed by atoms with E-state index >= 15 is 0 Å². The normalized spacial score (nSPS) is 21.6. The van der Waals surface area contributed by atoms with Gasteiger partial charge in [-0.25, -0.2) is 0 Å². The number of carbonyl (C=O) groups is 6. The van der Waals surface area contributed by atoms with Crippen LogP contribution in [0, 0.1) is 5.41 Å². The summed E-state index contributed by atoms with van der Waals surface area (Å²) in [7, 11) is 1.77. The highest BCUT2D eigenvalue weighted by Crippen LogP contribution is 2.13. The summed E-state index contributed by atoms with van der Waals surface area (Å²) in [6, 6.07) is 0.713. The molecule has 1 unspecified atom stereocenters. The molecule has 17 heteroatoms. The molecule has 248 valence electrons. The molecule has 1 fully saturated rings. The summed E-state index contributed by atoms with van der Waals surface area (Å²) in [5.74, 6) is -5.66. The fourth-order valence-electron chi connectivity index (χ4n) is 4.53. The molecule has 1 aromatic rings. The van der Waals surface area contributed by atoms with Gasteiger partial charge in [0.1, 0.15) is 29.9 Å². The van der Waals surface area contributed by atoms with Gasteiger partial charge in [0.15, 0.2) is 5.96 Å². The molecular formula is C28H43N9O8. The second kappa shape index (κ2) is 18.7. The van der Waals surface area contributed by atoms with Gasteiger partial charge in [-0.3, -0.25) is 34.2 Å². The first-order valence-electron chi connectivity index (χ1n) is 14.6. The highest BCUT2D eigenvalue weighted by Gasteiger charge is 2.33. The van der Waals surface area contributed by atoms with Crippen LogP contribution in [0.4, 0.5) is 0 Å². The Kier molecular flexibility index (Phi) is 15.0. The first kappa shape index (κ1) is 36.3. The van der Waals surface area contributed by atoms with Crippen LogP contribution in [0.15, 0.2) is 24.3 Å². The zero-order chi connectivity index (χ0) is 33.4. The molecule has 5 amide bonds. The summed E-state index contributed by atoms with van der Waals surface area (Å²) in [4.78, 5) is 77.6. The number of carbonyl (C=O) groups excluding carboxylic acids is 5. The minimum atomic E-state index is -1.59. The minimum Gasteiger partial charge on any atom is -0.508 e. The molecule has 0 spiro atoms. The first-order chi connectivity index (χ1) is 21.4. The lowest BCUT2D eigenvalue weighted by molar-refractivity contribution is -0.141. The molecule has 0 aromatic heterocycles. The molecule has 0 radical (unpaired) electrons. The van der Waals surface area contributed by atoms with Gasteiger partial charge < -0.3 is 53.2 Å². The number of hydrogen-bond acceptors (Lipinski definition) is 9. The molecule has 1 aromatic carbocycles. The Balaban J connectivity index is 2.44. The van der Waals surface area contributed by atoms with Gasteiger partial charge in [-0.05, 0) is 63.4 Å². The number of hydrogen-bond donors (Lipinski definition) is 11. The van der Waals surface area contributed by atoms with Crippen LogP contribution in [0.3, 0.4) is 0 Å². The Morgan fingerprint density at radius 3 is 2.04 bits per heavy atom. The van der Waals surface area contributed by atoms with Crippen molar-refractivity contribution in [3.05, 3.63) is 29.8 Å². The highest BCUT2D eigenvalue weighted by molar-refractivity contribution is 5.98. The maximum absolute atomic E-state index is 13.6. The van der Waals surface area contributed by atoms with Crippen LogP contribution < -0.4 is 43.0 Å². The summed E-state index contributed by atoms with van der Waals surface area (Å²) in [5, 5.41) is 44.4. The molecule has 1 saturated heterocycles. The van der Waals surface area contributed by atoms with Crippen molar-refractivity contribution >= 4 is 41.5 Å². The SMILES string of the molecule is CNCCCCC1NC(=O)[C@@H](CCCNC(=N)N)NC(=O)CNC(=O)[C@@H](CC(=O)O)NC(=O)[C@H](Cc2ccc(O)cc2)NC1=O. The molecule has 12 N–H and O–H groups in total. The smallest absolute Gasteiger partial charge is 0.305 e. The highest BCUT2D eigenvalue weighted by atomic mass is 16.4. The van der Waals surface area contributed by atoms with E-state index < -0.39 is 72.6 Å². The van der Waals surface area contributed by atoms with Gasteiger partial charge in [-0.2, -0.15) is 0 Å². The number of amides is 5. The van der Waals surface area contributed by atoms with E-state index in [1.54, 1.807) is 7.05 Å². The average molecular weight is 634 g/mol. The third-order valence-electron chi connectivity index (χ3n) is 6.88. The van der Waals surface area contributed by atoms with Crippen LogP contribution in [-0.2, 0) is 35.2 Å². The Labute approximate surface area is 260 Å². The topological polar surface area (TPSA) is 277 Å². The molecule has 2 rings (SSSR count). The summed E-state index contributed by atoms with van der Waals surface area (Å²) in [5.41, 5.74) is 5.84. The van der Waals surface area contributed by atoms with Gasteiger partial charge in [0, 0.05) is 13.0 Å². The Bertz CT molecular complexity index is 1210. The standard InChI is InChI=1S/C28H43N9O8/c1-31-11-3-2-5-19-26(44)36-20(13-16-7-9-17(38)10-8-16)27(45)37-21(14-23(40)41)24(42)33-15-22(39)34-18(25(43)35-19)6-4-12-32-28(29)30/h7-10,18-21,31,38H,2-6,11-15H2,1H3,(H,33,42)(H,34,39)(H,35,43)(H,36,44)(H,37,45)(H,40,41)(H4,29,30,32)/t18-,19?,20+,21-/m1/s1. The third kappa shape index (κ3) is 13.5. The van der Waals surface area contributed by atoms with E-state index in [-0.39, 0.29) is 37.5 Å². The van der Waals surface area contributed by atoms with E-state index in [1.165, 1.54) is 24.3 Å². The van der Waals surface area contributed by atoms with Crippen molar-refractivity contribution in [2.75, 3.05) is 26.7 Å². The van der Waals surface area contributed by atoms with Crippen LogP contribution in [0.1, 0.15) is 44.1 Å².